The van der Waals surface area contributed by atoms with E-state index in [1.165, 1.54) is 11.8 Å². The highest BCUT2D eigenvalue weighted by molar-refractivity contribution is 8.14. The average Bonchev–Trinajstić information content (AvgIpc) is 2.92. The van der Waals surface area contributed by atoms with Crippen molar-refractivity contribution in [2.75, 3.05) is 13.7 Å². The molecule has 0 fully saturated rings. The normalized spacial score (nSPS) is 21.6. The van der Waals surface area contributed by atoms with Crippen LogP contribution < -0.4 is 5.32 Å². The molecule has 1 atom stereocenters. The van der Waals surface area contributed by atoms with Gasteiger partial charge in [-0.1, -0.05) is 11.8 Å². The van der Waals surface area contributed by atoms with E-state index in [0.29, 0.717) is 23.2 Å². The van der Waals surface area contributed by atoms with Crippen molar-refractivity contribution in [3.63, 3.8) is 0 Å². The van der Waals surface area contributed by atoms with Gasteiger partial charge in [-0.2, -0.15) is 5.26 Å². The summed E-state index contributed by atoms with van der Waals surface area (Å²) in [5.74, 6) is 1.18. The summed E-state index contributed by atoms with van der Waals surface area (Å²) in [4.78, 5) is 4.11. The van der Waals surface area contributed by atoms with Crippen LogP contribution in [0.1, 0.15) is 17.9 Å². The second-order valence-electron chi connectivity index (χ2n) is 3.45. The van der Waals surface area contributed by atoms with Crippen molar-refractivity contribution >= 4 is 16.9 Å². The van der Waals surface area contributed by atoms with Crippen LogP contribution in [0.5, 0.6) is 0 Å². The highest BCUT2D eigenvalue weighted by Gasteiger charge is 2.31. The second-order valence-corrected chi connectivity index (χ2v) is 4.55. The van der Waals surface area contributed by atoms with Gasteiger partial charge in [0.05, 0.1) is 12.9 Å². The highest BCUT2D eigenvalue weighted by Crippen LogP contribution is 2.40. The van der Waals surface area contributed by atoms with Gasteiger partial charge in [-0.25, -0.2) is 0 Å². The number of nitrogens with one attached hydrogen (secondary N) is 1. The zero-order valence-electron chi connectivity index (χ0n) is 10.1. The Hall–Kier alpha value is -1.87. The summed E-state index contributed by atoms with van der Waals surface area (Å²) >= 11 is 1.44. The smallest absolute Gasteiger partial charge is 0.208 e. The monoisotopic (exact) mass is 263 g/mol. The number of furan rings is 1. The molecular weight excluding hydrogens is 250 g/mol. The summed E-state index contributed by atoms with van der Waals surface area (Å²) in [5, 5.41) is 12.8. The van der Waals surface area contributed by atoms with Crippen LogP contribution in [0.15, 0.2) is 39.3 Å². The molecule has 5 nitrogen and oxygen atoms in total. The van der Waals surface area contributed by atoms with E-state index >= 15 is 0 Å². The van der Waals surface area contributed by atoms with Gasteiger partial charge in [0.1, 0.15) is 22.7 Å². The van der Waals surface area contributed by atoms with Gasteiger partial charge in [-0.15, -0.1) is 0 Å². The Balaban J connectivity index is 2.43. The lowest BCUT2D eigenvalue weighted by Gasteiger charge is -2.24. The Labute approximate surface area is 110 Å². The first-order valence-corrected chi connectivity index (χ1v) is 6.39. The number of ether oxygens (including phenoxy) is 1. The lowest BCUT2D eigenvalue weighted by molar-refractivity contribution is 0.213. The van der Waals surface area contributed by atoms with Crippen LogP contribution in [0.25, 0.3) is 0 Å². The SMILES string of the molecule is CCOC1=C(C#N)C(c2ccco2)SC(=NC)N1. The van der Waals surface area contributed by atoms with Gasteiger partial charge in [-0.3, -0.25) is 4.99 Å². The fraction of sp³-hybridized carbons (Fsp3) is 0.333. The van der Waals surface area contributed by atoms with E-state index in [9.17, 15) is 5.26 Å². The van der Waals surface area contributed by atoms with Gasteiger partial charge in [0.2, 0.25) is 5.88 Å². The van der Waals surface area contributed by atoms with Gasteiger partial charge in [-0.05, 0) is 19.1 Å². The van der Waals surface area contributed by atoms with Crippen LogP contribution >= 0.6 is 11.8 Å². The topological polar surface area (TPSA) is 70.5 Å². The minimum atomic E-state index is -0.216. The number of nitrogens with zero attached hydrogens (tertiary/aromatic N) is 2. The maximum atomic E-state index is 9.29. The Morgan fingerprint density at radius 3 is 3.06 bits per heavy atom. The molecule has 1 aliphatic heterocycles. The Morgan fingerprint density at radius 1 is 1.67 bits per heavy atom. The largest absolute Gasteiger partial charge is 0.478 e. The lowest BCUT2D eigenvalue weighted by Crippen LogP contribution is -2.29. The van der Waals surface area contributed by atoms with E-state index in [2.05, 4.69) is 16.4 Å². The molecule has 0 aromatic carbocycles. The van der Waals surface area contributed by atoms with Crippen LogP contribution in [0, 0.1) is 11.3 Å². The van der Waals surface area contributed by atoms with Gasteiger partial charge in [0.25, 0.3) is 0 Å². The third-order valence-electron chi connectivity index (χ3n) is 2.37. The summed E-state index contributed by atoms with van der Waals surface area (Å²) in [6.45, 7) is 2.36. The summed E-state index contributed by atoms with van der Waals surface area (Å²) in [7, 11) is 1.69. The molecule has 0 amide bonds. The van der Waals surface area contributed by atoms with Crippen molar-refractivity contribution in [1.82, 2.24) is 5.32 Å². The second kappa shape index (κ2) is 5.65. The Kier molecular flexibility index (Phi) is 3.95. The van der Waals surface area contributed by atoms with Crippen molar-refractivity contribution in [2.45, 2.75) is 12.2 Å². The number of thioether (sulfide) groups is 1. The van der Waals surface area contributed by atoms with E-state index in [4.69, 9.17) is 9.15 Å². The predicted molar refractivity (Wildman–Crippen MR) is 69.8 cm³/mol. The molecule has 2 heterocycles. The Bertz CT molecular complexity index is 514. The van der Waals surface area contributed by atoms with Gasteiger partial charge < -0.3 is 14.5 Å². The maximum absolute atomic E-state index is 9.29. The molecule has 1 unspecified atom stereocenters. The molecule has 1 aliphatic rings. The van der Waals surface area contributed by atoms with E-state index in [1.54, 1.807) is 19.4 Å². The molecule has 1 aromatic heterocycles. The third kappa shape index (κ3) is 2.36. The van der Waals surface area contributed by atoms with E-state index < -0.39 is 0 Å². The molecule has 0 saturated carbocycles. The van der Waals surface area contributed by atoms with Crippen molar-refractivity contribution in [3.05, 3.63) is 35.6 Å². The molecule has 6 heteroatoms. The highest BCUT2D eigenvalue weighted by atomic mass is 32.2. The standard InChI is InChI=1S/C12H13N3O2S/c1-3-16-11-8(7-13)10(9-5-4-6-17-9)18-12(14-2)15-11/h4-6,10H,3H2,1-2H3,(H,14,15). The number of amidine groups is 1. The summed E-state index contributed by atoms with van der Waals surface area (Å²) < 4.78 is 10.8. The number of rotatable bonds is 3. The fourth-order valence-corrected chi connectivity index (χ4v) is 2.61. The fourth-order valence-electron chi connectivity index (χ4n) is 1.60. The molecule has 1 aromatic rings. The number of nitriles is 1. The van der Waals surface area contributed by atoms with Crippen LogP contribution in [-0.4, -0.2) is 18.8 Å². The first-order valence-electron chi connectivity index (χ1n) is 5.51. The average molecular weight is 263 g/mol. The zero-order valence-corrected chi connectivity index (χ0v) is 11.0. The molecule has 94 valence electrons. The summed E-state index contributed by atoms with van der Waals surface area (Å²) in [6, 6.07) is 5.82. The van der Waals surface area contributed by atoms with Gasteiger partial charge in [0.15, 0.2) is 5.17 Å². The maximum Gasteiger partial charge on any atom is 0.208 e. The van der Waals surface area contributed by atoms with Crippen molar-refractivity contribution in [1.29, 1.82) is 5.26 Å². The first kappa shape index (κ1) is 12.6. The van der Waals surface area contributed by atoms with E-state index in [1.807, 2.05) is 13.0 Å². The van der Waals surface area contributed by atoms with Crippen LogP contribution in [-0.2, 0) is 4.74 Å². The van der Waals surface area contributed by atoms with Crippen LogP contribution in [0.3, 0.4) is 0 Å². The molecule has 0 saturated heterocycles. The minimum absolute atomic E-state index is 0.216. The molecule has 1 N–H and O–H groups in total. The summed E-state index contributed by atoms with van der Waals surface area (Å²) in [6.07, 6.45) is 1.59. The van der Waals surface area contributed by atoms with E-state index in [0.717, 1.165) is 5.76 Å². The number of hydrogen-bond acceptors (Lipinski definition) is 5. The van der Waals surface area contributed by atoms with Crippen molar-refractivity contribution < 1.29 is 9.15 Å². The lowest BCUT2D eigenvalue weighted by atomic mass is 10.1. The predicted octanol–water partition coefficient (Wildman–Crippen LogP) is 2.41. The van der Waals surface area contributed by atoms with Crippen molar-refractivity contribution in [3.8, 4) is 6.07 Å². The van der Waals surface area contributed by atoms with Crippen LogP contribution in [0.4, 0.5) is 0 Å². The molecule has 18 heavy (non-hydrogen) atoms. The molecule has 0 bridgehead atoms. The third-order valence-corrected chi connectivity index (χ3v) is 3.58. The summed E-state index contributed by atoms with van der Waals surface area (Å²) in [5.41, 5.74) is 0.518. The minimum Gasteiger partial charge on any atom is -0.478 e. The molecule has 2 rings (SSSR count). The zero-order chi connectivity index (χ0) is 13.0. The van der Waals surface area contributed by atoms with Crippen molar-refractivity contribution in [2.24, 2.45) is 4.99 Å². The van der Waals surface area contributed by atoms with Crippen LogP contribution in [0.2, 0.25) is 0 Å². The molecule has 0 spiro atoms. The Morgan fingerprint density at radius 2 is 2.50 bits per heavy atom. The van der Waals surface area contributed by atoms with E-state index in [-0.39, 0.29) is 5.25 Å². The number of aliphatic imine (C=N–C) groups is 1. The molecular formula is C12H13N3O2S. The van der Waals surface area contributed by atoms with Gasteiger partial charge >= 0.3 is 0 Å². The quantitative estimate of drug-likeness (QED) is 0.906. The molecule has 0 aliphatic carbocycles. The first-order chi connectivity index (χ1) is 8.80. The van der Waals surface area contributed by atoms with Gasteiger partial charge in [0, 0.05) is 7.05 Å². The molecule has 0 radical (unpaired) electrons. The number of hydrogen-bond donors (Lipinski definition) is 1.